The second kappa shape index (κ2) is 12.4. The maximum atomic E-state index is 5.40. The quantitative estimate of drug-likeness (QED) is 0.320. The molecule has 1 fully saturated rings. The largest absolute Gasteiger partial charge is 0.496 e. The average molecular weight is 460 g/mol. The van der Waals surface area contributed by atoms with E-state index in [1.807, 2.05) is 18.2 Å². The first kappa shape index (κ1) is 22.0. The molecule has 0 spiro atoms. The van der Waals surface area contributed by atoms with Crippen molar-refractivity contribution in [1.29, 1.82) is 0 Å². The SMILES string of the molecule is CCNC(=NCCN(CC)C1CC1)NCCc1ccccc1OC.I. The first-order chi connectivity index (χ1) is 11.8. The zero-order valence-electron chi connectivity index (χ0n) is 15.8. The van der Waals surface area contributed by atoms with Gasteiger partial charge in [0.15, 0.2) is 5.96 Å². The molecule has 6 heteroatoms. The van der Waals surface area contributed by atoms with Crippen LogP contribution in [0.25, 0.3) is 0 Å². The number of nitrogens with one attached hydrogen (secondary N) is 2. The van der Waals surface area contributed by atoms with Crippen molar-refractivity contribution in [3.8, 4) is 5.75 Å². The van der Waals surface area contributed by atoms with E-state index in [1.165, 1.54) is 18.4 Å². The fourth-order valence-electron chi connectivity index (χ4n) is 2.90. The van der Waals surface area contributed by atoms with Crippen molar-refractivity contribution in [2.45, 2.75) is 39.2 Å². The number of para-hydroxylation sites is 1. The van der Waals surface area contributed by atoms with Crippen LogP contribution in [0.15, 0.2) is 29.3 Å². The van der Waals surface area contributed by atoms with E-state index in [9.17, 15) is 0 Å². The smallest absolute Gasteiger partial charge is 0.191 e. The normalized spacial score (nSPS) is 14.2. The fourth-order valence-corrected chi connectivity index (χ4v) is 2.90. The molecule has 0 aromatic heterocycles. The molecule has 0 amide bonds. The van der Waals surface area contributed by atoms with E-state index in [0.29, 0.717) is 0 Å². The Balaban J connectivity index is 0.00000312. The van der Waals surface area contributed by atoms with Gasteiger partial charge >= 0.3 is 0 Å². The minimum Gasteiger partial charge on any atom is -0.496 e. The summed E-state index contributed by atoms with van der Waals surface area (Å²) in [6.07, 6.45) is 3.63. The number of halogens is 1. The number of benzene rings is 1. The number of methoxy groups -OCH3 is 1. The summed E-state index contributed by atoms with van der Waals surface area (Å²) in [6, 6.07) is 8.98. The van der Waals surface area contributed by atoms with Gasteiger partial charge in [-0.2, -0.15) is 0 Å². The summed E-state index contributed by atoms with van der Waals surface area (Å²) >= 11 is 0. The molecule has 0 saturated heterocycles. The van der Waals surface area contributed by atoms with Gasteiger partial charge in [0.2, 0.25) is 0 Å². The van der Waals surface area contributed by atoms with Gasteiger partial charge in [-0.25, -0.2) is 0 Å². The lowest BCUT2D eigenvalue weighted by atomic mass is 10.1. The molecule has 0 bridgehead atoms. The highest BCUT2D eigenvalue weighted by atomic mass is 127. The number of guanidine groups is 1. The Bertz CT molecular complexity index is 520. The van der Waals surface area contributed by atoms with E-state index >= 15 is 0 Å². The first-order valence-corrected chi connectivity index (χ1v) is 9.16. The number of hydrogen-bond acceptors (Lipinski definition) is 3. The van der Waals surface area contributed by atoms with Crippen LogP contribution >= 0.6 is 24.0 Å². The van der Waals surface area contributed by atoms with E-state index in [1.54, 1.807) is 7.11 Å². The van der Waals surface area contributed by atoms with Gasteiger partial charge in [0.1, 0.15) is 5.75 Å². The molecule has 0 unspecified atom stereocenters. The highest BCUT2D eigenvalue weighted by Crippen LogP contribution is 2.25. The molecule has 1 saturated carbocycles. The molecule has 2 N–H and O–H groups in total. The zero-order chi connectivity index (χ0) is 17.2. The van der Waals surface area contributed by atoms with Gasteiger partial charge in [-0.3, -0.25) is 9.89 Å². The fraction of sp³-hybridized carbons (Fsp3) is 0.632. The molecule has 142 valence electrons. The van der Waals surface area contributed by atoms with Crippen molar-refractivity contribution >= 4 is 29.9 Å². The van der Waals surface area contributed by atoms with Crippen LogP contribution in [-0.4, -0.2) is 56.7 Å². The zero-order valence-corrected chi connectivity index (χ0v) is 18.1. The number of nitrogens with zero attached hydrogens (tertiary/aromatic N) is 2. The van der Waals surface area contributed by atoms with E-state index in [-0.39, 0.29) is 24.0 Å². The Morgan fingerprint density at radius 1 is 1.24 bits per heavy atom. The van der Waals surface area contributed by atoms with Crippen LogP contribution in [0.1, 0.15) is 32.3 Å². The molecule has 5 nitrogen and oxygen atoms in total. The summed E-state index contributed by atoms with van der Waals surface area (Å²) in [5.74, 6) is 1.85. The van der Waals surface area contributed by atoms with E-state index in [4.69, 9.17) is 9.73 Å². The monoisotopic (exact) mass is 460 g/mol. The third-order valence-corrected chi connectivity index (χ3v) is 4.35. The molecule has 1 aromatic carbocycles. The Morgan fingerprint density at radius 2 is 2.00 bits per heavy atom. The minimum absolute atomic E-state index is 0. The molecular weight excluding hydrogens is 427 g/mol. The van der Waals surface area contributed by atoms with E-state index in [2.05, 4.69) is 35.4 Å². The van der Waals surface area contributed by atoms with Gasteiger partial charge in [0.25, 0.3) is 0 Å². The van der Waals surface area contributed by atoms with Gasteiger partial charge in [0.05, 0.1) is 13.7 Å². The lowest BCUT2D eigenvalue weighted by Crippen LogP contribution is -2.39. The standard InChI is InChI=1S/C19H32N4O.HI/c1-4-20-19(22-14-15-23(5-2)17-10-11-17)21-13-12-16-8-6-7-9-18(16)24-3;/h6-9,17H,4-5,10-15H2,1-3H3,(H2,20,21,22);1H. The Hall–Kier alpha value is -1.02. The number of ether oxygens (including phenoxy) is 1. The van der Waals surface area contributed by atoms with Gasteiger partial charge in [-0.05, 0) is 44.4 Å². The van der Waals surface area contributed by atoms with Gasteiger partial charge < -0.3 is 15.4 Å². The Kier molecular flexibility index (Phi) is 10.9. The van der Waals surface area contributed by atoms with Crippen molar-refractivity contribution in [3.63, 3.8) is 0 Å². The second-order valence-corrected chi connectivity index (χ2v) is 6.11. The maximum absolute atomic E-state index is 5.40. The van der Waals surface area contributed by atoms with Crippen LogP contribution in [0.3, 0.4) is 0 Å². The van der Waals surface area contributed by atoms with Crippen molar-refractivity contribution in [2.75, 3.05) is 39.8 Å². The third kappa shape index (κ3) is 7.81. The Labute approximate surface area is 169 Å². The van der Waals surface area contributed by atoms with Crippen LogP contribution in [-0.2, 0) is 6.42 Å². The van der Waals surface area contributed by atoms with Crippen molar-refractivity contribution in [1.82, 2.24) is 15.5 Å². The number of hydrogen-bond donors (Lipinski definition) is 2. The van der Waals surface area contributed by atoms with Crippen LogP contribution < -0.4 is 15.4 Å². The molecular formula is C19H33IN4O. The van der Waals surface area contributed by atoms with Crippen molar-refractivity contribution < 1.29 is 4.74 Å². The summed E-state index contributed by atoms with van der Waals surface area (Å²) in [5, 5.41) is 6.75. The molecule has 1 aromatic rings. The molecule has 25 heavy (non-hydrogen) atoms. The summed E-state index contributed by atoms with van der Waals surface area (Å²) in [5.41, 5.74) is 1.22. The predicted molar refractivity (Wildman–Crippen MR) is 116 cm³/mol. The molecule has 2 rings (SSSR count). The highest BCUT2D eigenvalue weighted by molar-refractivity contribution is 14.0. The summed E-state index contributed by atoms with van der Waals surface area (Å²) < 4.78 is 5.40. The molecule has 1 aliphatic rings. The molecule has 0 radical (unpaired) electrons. The predicted octanol–water partition coefficient (Wildman–Crippen LogP) is 2.90. The first-order valence-electron chi connectivity index (χ1n) is 9.16. The third-order valence-electron chi connectivity index (χ3n) is 4.35. The van der Waals surface area contributed by atoms with Crippen LogP contribution in [0.2, 0.25) is 0 Å². The minimum atomic E-state index is 0. The molecule has 1 aliphatic carbocycles. The maximum Gasteiger partial charge on any atom is 0.191 e. The van der Waals surface area contributed by atoms with Crippen molar-refractivity contribution in [3.05, 3.63) is 29.8 Å². The lowest BCUT2D eigenvalue weighted by Gasteiger charge is -2.19. The van der Waals surface area contributed by atoms with Gasteiger partial charge in [0, 0.05) is 25.7 Å². The van der Waals surface area contributed by atoms with Crippen LogP contribution in [0, 0.1) is 0 Å². The highest BCUT2D eigenvalue weighted by Gasteiger charge is 2.27. The topological polar surface area (TPSA) is 48.9 Å². The molecule has 0 heterocycles. The number of aliphatic imine (C=N–C) groups is 1. The summed E-state index contributed by atoms with van der Waals surface area (Å²) in [4.78, 5) is 7.24. The number of rotatable bonds is 10. The second-order valence-electron chi connectivity index (χ2n) is 6.11. The van der Waals surface area contributed by atoms with Gasteiger partial charge in [-0.1, -0.05) is 25.1 Å². The molecule has 0 aliphatic heterocycles. The Morgan fingerprint density at radius 3 is 2.64 bits per heavy atom. The lowest BCUT2D eigenvalue weighted by molar-refractivity contribution is 0.286. The van der Waals surface area contributed by atoms with Crippen molar-refractivity contribution in [2.24, 2.45) is 4.99 Å². The van der Waals surface area contributed by atoms with Crippen LogP contribution in [0.5, 0.6) is 5.75 Å². The molecule has 0 atom stereocenters. The van der Waals surface area contributed by atoms with E-state index in [0.717, 1.165) is 56.9 Å². The van der Waals surface area contributed by atoms with E-state index < -0.39 is 0 Å². The summed E-state index contributed by atoms with van der Waals surface area (Å²) in [7, 11) is 1.72. The van der Waals surface area contributed by atoms with Crippen LogP contribution in [0.4, 0.5) is 0 Å². The summed E-state index contributed by atoms with van der Waals surface area (Å²) in [6.45, 7) is 9.06. The average Bonchev–Trinajstić information content (AvgIpc) is 3.44. The van der Waals surface area contributed by atoms with Gasteiger partial charge in [-0.15, -0.1) is 24.0 Å². The number of likely N-dealkylation sites (N-methyl/N-ethyl adjacent to an activating group) is 1.